The molecule has 0 spiro atoms. The minimum Gasteiger partial charge on any atom is -0.351 e. The fourth-order valence-corrected chi connectivity index (χ4v) is 2.62. The van der Waals surface area contributed by atoms with Crippen molar-refractivity contribution in [1.82, 2.24) is 29.7 Å². The molecule has 0 aliphatic heterocycles. The van der Waals surface area contributed by atoms with Gasteiger partial charge in [0.2, 0.25) is 11.9 Å². The second-order valence-corrected chi connectivity index (χ2v) is 6.59. The average Bonchev–Trinajstić information content (AvgIpc) is 2.89. The predicted molar refractivity (Wildman–Crippen MR) is 75.3 cm³/mol. The Morgan fingerprint density at radius 2 is 2.05 bits per heavy atom. The van der Waals surface area contributed by atoms with Crippen LogP contribution < -0.4 is 16.6 Å². The van der Waals surface area contributed by atoms with Crippen LogP contribution in [-0.4, -0.2) is 56.2 Å². The topological polar surface area (TPSA) is 154 Å². The van der Waals surface area contributed by atoms with E-state index in [1.54, 1.807) is 6.92 Å². The van der Waals surface area contributed by atoms with Gasteiger partial charge in [-0.15, -0.1) is 0 Å². The van der Waals surface area contributed by atoms with Gasteiger partial charge in [-0.1, -0.05) is 0 Å². The summed E-state index contributed by atoms with van der Waals surface area (Å²) in [4.78, 5) is 15.9. The number of sulfone groups is 1. The molecule has 2 aromatic rings. The molecule has 21 heavy (non-hydrogen) atoms. The zero-order valence-electron chi connectivity index (χ0n) is 11.4. The quantitative estimate of drug-likeness (QED) is 0.427. The number of nitrogen functional groups attached to an aromatic ring is 1. The molecule has 0 aliphatic carbocycles. The van der Waals surface area contributed by atoms with Gasteiger partial charge in [-0.3, -0.25) is 5.43 Å². The van der Waals surface area contributed by atoms with Crippen molar-refractivity contribution >= 4 is 21.7 Å². The van der Waals surface area contributed by atoms with Crippen LogP contribution in [0.2, 0.25) is 0 Å². The summed E-state index contributed by atoms with van der Waals surface area (Å²) in [5.74, 6) is 5.74. The standard InChI is InChI=1S/C9H15N9O2S/c1-6(3-21(2,19)20)13-7-14-8(17-10)16-9(15-7)18-5-11-4-12-18/h4-6H,3,10H2,1-2H3,(H2,13,14,15,16,17). The third-order valence-corrected chi connectivity index (χ3v) is 3.41. The molecular weight excluding hydrogens is 298 g/mol. The summed E-state index contributed by atoms with van der Waals surface area (Å²) in [6.07, 6.45) is 3.91. The number of hydrogen-bond donors (Lipinski definition) is 3. The SMILES string of the molecule is CC(CS(C)(=O)=O)Nc1nc(NN)nc(-n2cncn2)n1. The predicted octanol–water partition coefficient (Wildman–Crippen LogP) is -1.42. The van der Waals surface area contributed by atoms with Crippen LogP contribution >= 0.6 is 0 Å². The van der Waals surface area contributed by atoms with Gasteiger partial charge in [-0.2, -0.15) is 24.7 Å². The average molecular weight is 313 g/mol. The number of nitrogens with two attached hydrogens (primary N) is 1. The van der Waals surface area contributed by atoms with E-state index in [0.717, 1.165) is 6.26 Å². The van der Waals surface area contributed by atoms with Crippen molar-refractivity contribution in [1.29, 1.82) is 0 Å². The molecule has 0 amide bonds. The summed E-state index contributed by atoms with van der Waals surface area (Å²) >= 11 is 0. The number of rotatable bonds is 6. The molecule has 0 saturated heterocycles. The smallest absolute Gasteiger partial charge is 0.258 e. The molecule has 11 nitrogen and oxygen atoms in total. The summed E-state index contributed by atoms with van der Waals surface area (Å²) in [7, 11) is -3.11. The van der Waals surface area contributed by atoms with E-state index >= 15 is 0 Å². The normalized spacial score (nSPS) is 12.9. The first-order valence-corrected chi connectivity index (χ1v) is 7.95. The second kappa shape index (κ2) is 5.97. The van der Waals surface area contributed by atoms with Crippen LogP contribution in [0, 0.1) is 0 Å². The number of hydrazine groups is 1. The van der Waals surface area contributed by atoms with Gasteiger partial charge >= 0.3 is 0 Å². The molecule has 0 saturated carbocycles. The van der Waals surface area contributed by atoms with E-state index in [-0.39, 0.29) is 29.6 Å². The van der Waals surface area contributed by atoms with E-state index < -0.39 is 9.84 Å². The van der Waals surface area contributed by atoms with Gasteiger partial charge in [-0.25, -0.2) is 19.2 Å². The highest BCUT2D eigenvalue weighted by Gasteiger charge is 2.14. The van der Waals surface area contributed by atoms with Gasteiger partial charge in [-0.05, 0) is 6.92 Å². The Bertz CT molecular complexity index is 700. The van der Waals surface area contributed by atoms with Gasteiger partial charge in [0.25, 0.3) is 5.95 Å². The highest BCUT2D eigenvalue weighted by Crippen LogP contribution is 2.09. The molecule has 2 heterocycles. The summed E-state index contributed by atoms with van der Waals surface area (Å²) in [5.41, 5.74) is 2.31. The number of aromatic nitrogens is 6. The third-order valence-electron chi connectivity index (χ3n) is 2.30. The Balaban J connectivity index is 2.25. The van der Waals surface area contributed by atoms with Gasteiger partial charge in [0.1, 0.15) is 22.5 Å². The van der Waals surface area contributed by atoms with Crippen molar-refractivity contribution in [2.45, 2.75) is 13.0 Å². The minimum absolute atomic E-state index is 0.0528. The number of nitrogens with one attached hydrogen (secondary N) is 2. The molecule has 12 heteroatoms. The molecule has 2 rings (SSSR count). The van der Waals surface area contributed by atoms with E-state index in [1.165, 1.54) is 17.3 Å². The van der Waals surface area contributed by atoms with Gasteiger partial charge in [0, 0.05) is 12.3 Å². The van der Waals surface area contributed by atoms with Crippen molar-refractivity contribution in [2.75, 3.05) is 22.8 Å². The van der Waals surface area contributed by atoms with Gasteiger partial charge < -0.3 is 5.32 Å². The third kappa shape index (κ3) is 4.32. The van der Waals surface area contributed by atoms with Crippen molar-refractivity contribution in [2.24, 2.45) is 5.84 Å². The van der Waals surface area contributed by atoms with Crippen LogP contribution in [0.15, 0.2) is 12.7 Å². The fourth-order valence-electron chi connectivity index (χ4n) is 1.62. The highest BCUT2D eigenvalue weighted by molar-refractivity contribution is 7.90. The van der Waals surface area contributed by atoms with E-state index in [1.807, 2.05) is 0 Å². The van der Waals surface area contributed by atoms with Crippen molar-refractivity contribution in [3.63, 3.8) is 0 Å². The van der Waals surface area contributed by atoms with E-state index in [2.05, 4.69) is 35.8 Å². The van der Waals surface area contributed by atoms with Crippen LogP contribution in [0.3, 0.4) is 0 Å². The molecule has 0 fully saturated rings. The minimum atomic E-state index is -3.11. The lowest BCUT2D eigenvalue weighted by molar-refractivity contribution is 0.597. The molecule has 0 radical (unpaired) electrons. The zero-order valence-corrected chi connectivity index (χ0v) is 12.2. The summed E-state index contributed by atoms with van der Waals surface area (Å²) in [6.45, 7) is 1.70. The lowest BCUT2D eigenvalue weighted by Crippen LogP contribution is -2.27. The molecule has 4 N–H and O–H groups in total. The van der Waals surface area contributed by atoms with Crippen LogP contribution in [0.4, 0.5) is 11.9 Å². The zero-order chi connectivity index (χ0) is 15.5. The molecule has 2 aromatic heterocycles. The second-order valence-electron chi connectivity index (χ2n) is 4.40. The molecule has 1 unspecified atom stereocenters. The van der Waals surface area contributed by atoms with Crippen LogP contribution in [0.25, 0.3) is 5.95 Å². The lowest BCUT2D eigenvalue weighted by Gasteiger charge is -2.13. The van der Waals surface area contributed by atoms with Crippen LogP contribution in [-0.2, 0) is 9.84 Å². The van der Waals surface area contributed by atoms with Gasteiger partial charge in [0.05, 0.1) is 5.75 Å². The highest BCUT2D eigenvalue weighted by atomic mass is 32.2. The van der Waals surface area contributed by atoms with Crippen LogP contribution in [0.5, 0.6) is 0 Å². The number of hydrogen-bond acceptors (Lipinski definition) is 10. The molecular formula is C9H15N9O2S. The Morgan fingerprint density at radius 3 is 2.62 bits per heavy atom. The maximum Gasteiger partial charge on any atom is 0.258 e. The lowest BCUT2D eigenvalue weighted by atomic mass is 10.4. The van der Waals surface area contributed by atoms with E-state index in [4.69, 9.17) is 5.84 Å². The molecule has 0 aliphatic rings. The first kappa shape index (κ1) is 15.1. The molecule has 0 aromatic carbocycles. The molecule has 1 atom stereocenters. The molecule has 0 bridgehead atoms. The largest absolute Gasteiger partial charge is 0.351 e. The maximum atomic E-state index is 11.3. The Labute approximate surface area is 120 Å². The maximum absolute atomic E-state index is 11.3. The summed E-state index contributed by atoms with van der Waals surface area (Å²) in [5, 5.41) is 6.78. The summed E-state index contributed by atoms with van der Waals surface area (Å²) < 4.78 is 23.8. The van der Waals surface area contributed by atoms with E-state index in [0.29, 0.717) is 0 Å². The Hall–Kier alpha value is -2.34. The van der Waals surface area contributed by atoms with Crippen molar-refractivity contribution < 1.29 is 8.42 Å². The van der Waals surface area contributed by atoms with E-state index in [9.17, 15) is 8.42 Å². The van der Waals surface area contributed by atoms with Crippen molar-refractivity contribution in [3.05, 3.63) is 12.7 Å². The first-order chi connectivity index (χ1) is 9.87. The van der Waals surface area contributed by atoms with Crippen LogP contribution in [0.1, 0.15) is 6.92 Å². The summed E-state index contributed by atoms with van der Waals surface area (Å²) in [6, 6.07) is -0.378. The Kier molecular flexibility index (Phi) is 4.28. The monoisotopic (exact) mass is 313 g/mol. The van der Waals surface area contributed by atoms with Crippen molar-refractivity contribution in [3.8, 4) is 5.95 Å². The Morgan fingerprint density at radius 1 is 1.33 bits per heavy atom. The number of nitrogens with zero attached hydrogens (tertiary/aromatic N) is 6. The fraction of sp³-hybridized carbons (Fsp3) is 0.444. The first-order valence-electron chi connectivity index (χ1n) is 5.89. The number of anilines is 2. The van der Waals surface area contributed by atoms with Gasteiger partial charge in [0.15, 0.2) is 0 Å². The molecule has 114 valence electrons.